The summed E-state index contributed by atoms with van der Waals surface area (Å²) in [5.74, 6) is 0.694. The Morgan fingerprint density at radius 3 is 2.41 bits per heavy atom. The average Bonchev–Trinajstić information content (AvgIpc) is 2.30. The van der Waals surface area contributed by atoms with E-state index in [9.17, 15) is 10.1 Å². The van der Waals surface area contributed by atoms with Gasteiger partial charge in [0.15, 0.2) is 0 Å². The van der Waals surface area contributed by atoms with Gasteiger partial charge in [-0.15, -0.1) is 0 Å². The monoisotopic (exact) mass is 236 g/mol. The van der Waals surface area contributed by atoms with Crippen molar-refractivity contribution in [1.82, 2.24) is 5.32 Å². The van der Waals surface area contributed by atoms with Gasteiger partial charge in [-0.25, -0.2) is 0 Å². The summed E-state index contributed by atoms with van der Waals surface area (Å²) in [6.45, 7) is 3.97. The molecule has 1 heterocycles. The van der Waals surface area contributed by atoms with Crippen LogP contribution < -0.4 is 10.1 Å². The highest BCUT2D eigenvalue weighted by Crippen LogP contribution is 2.27. The molecule has 1 N–H and O–H groups in total. The van der Waals surface area contributed by atoms with Crippen LogP contribution in [0.1, 0.15) is 19.8 Å². The van der Waals surface area contributed by atoms with Crippen LogP contribution in [0.4, 0.5) is 5.69 Å². The van der Waals surface area contributed by atoms with Gasteiger partial charge in [0.05, 0.1) is 4.92 Å². The third-order valence-electron chi connectivity index (χ3n) is 3.07. The number of nitro benzene ring substituents is 1. The van der Waals surface area contributed by atoms with Crippen molar-refractivity contribution in [2.24, 2.45) is 0 Å². The lowest BCUT2D eigenvalue weighted by Crippen LogP contribution is -2.43. The molecule has 1 aromatic carbocycles. The van der Waals surface area contributed by atoms with Crippen molar-refractivity contribution < 1.29 is 9.66 Å². The number of rotatable bonds is 3. The van der Waals surface area contributed by atoms with E-state index in [1.165, 1.54) is 12.1 Å². The van der Waals surface area contributed by atoms with Gasteiger partial charge in [0, 0.05) is 12.1 Å². The smallest absolute Gasteiger partial charge is 0.269 e. The summed E-state index contributed by atoms with van der Waals surface area (Å²) >= 11 is 0. The largest absolute Gasteiger partial charge is 0.487 e. The quantitative estimate of drug-likeness (QED) is 0.645. The number of hydrogen-bond acceptors (Lipinski definition) is 4. The summed E-state index contributed by atoms with van der Waals surface area (Å²) in [5, 5.41) is 13.8. The first-order valence-electron chi connectivity index (χ1n) is 5.73. The summed E-state index contributed by atoms with van der Waals surface area (Å²) in [4.78, 5) is 10.1. The fraction of sp³-hybridized carbons (Fsp3) is 0.500. The van der Waals surface area contributed by atoms with Crippen molar-refractivity contribution in [1.29, 1.82) is 0 Å². The van der Waals surface area contributed by atoms with Gasteiger partial charge in [-0.3, -0.25) is 10.1 Å². The van der Waals surface area contributed by atoms with Crippen LogP contribution in [0.15, 0.2) is 24.3 Å². The molecule has 5 heteroatoms. The van der Waals surface area contributed by atoms with E-state index in [2.05, 4.69) is 12.2 Å². The second-order valence-corrected chi connectivity index (χ2v) is 4.55. The van der Waals surface area contributed by atoms with Crippen LogP contribution in [-0.2, 0) is 0 Å². The summed E-state index contributed by atoms with van der Waals surface area (Å²) in [6.07, 6.45) is 1.90. The minimum Gasteiger partial charge on any atom is -0.487 e. The van der Waals surface area contributed by atoms with Crippen LogP contribution in [0.2, 0.25) is 0 Å². The van der Waals surface area contributed by atoms with E-state index in [0.717, 1.165) is 25.9 Å². The van der Waals surface area contributed by atoms with Gasteiger partial charge in [0.1, 0.15) is 11.4 Å². The van der Waals surface area contributed by atoms with E-state index in [1.54, 1.807) is 12.1 Å². The van der Waals surface area contributed by atoms with Crippen LogP contribution in [0, 0.1) is 10.1 Å². The number of benzene rings is 1. The fourth-order valence-corrected chi connectivity index (χ4v) is 1.98. The first kappa shape index (κ1) is 11.9. The van der Waals surface area contributed by atoms with Crippen LogP contribution in [0.25, 0.3) is 0 Å². The normalized spacial score (nSPS) is 18.6. The lowest BCUT2D eigenvalue weighted by molar-refractivity contribution is -0.384. The van der Waals surface area contributed by atoms with E-state index in [4.69, 9.17) is 4.74 Å². The van der Waals surface area contributed by atoms with Crippen LogP contribution in [0.5, 0.6) is 5.75 Å². The Morgan fingerprint density at radius 1 is 1.29 bits per heavy atom. The molecule has 0 unspecified atom stereocenters. The first-order valence-corrected chi connectivity index (χ1v) is 5.73. The molecule has 1 aromatic rings. The van der Waals surface area contributed by atoms with Crippen molar-refractivity contribution in [3.63, 3.8) is 0 Å². The van der Waals surface area contributed by atoms with E-state index in [0.29, 0.717) is 5.75 Å². The summed E-state index contributed by atoms with van der Waals surface area (Å²) in [6, 6.07) is 6.26. The van der Waals surface area contributed by atoms with Gasteiger partial charge in [-0.2, -0.15) is 0 Å². The first-order chi connectivity index (χ1) is 8.09. The molecule has 0 saturated carbocycles. The second-order valence-electron chi connectivity index (χ2n) is 4.55. The van der Waals surface area contributed by atoms with E-state index in [-0.39, 0.29) is 11.3 Å². The zero-order valence-corrected chi connectivity index (χ0v) is 9.81. The highest BCUT2D eigenvalue weighted by atomic mass is 16.6. The number of non-ortho nitro benzene ring substituents is 1. The molecular formula is C12H16N2O3. The molecule has 0 bridgehead atoms. The SMILES string of the molecule is CC1(Oc2ccc([N+](=O)[O-])cc2)CCNCC1. The minimum absolute atomic E-state index is 0.0906. The highest BCUT2D eigenvalue weighted by Gasteiger charge is 2.28. The molecule has 0 aromatic heterocycles. The van der Waals surface area contributed by atoms with Gasteiger partial charge in [-0.1, -0.05) is 0 Å². The molecule has 0 spiro atoms. The summed E-state index contributed by atoms with van der Waals surface area (Å²) in [5.41, 5.74) is -0.0747. The Hall–Kier alpha value is -1.62. The Kier molecular flexibility index (Phi) is 3.28. The third-order valence-corrected chi connectivity index (χ3v) is 3.07. The zero-order valence-electron chi connectivity index (χ0n) is 9.81. The van der Waals surface area contributed by atoms with Gasteiger partial charge >= 0.3 is 0 Å². The van der Waals surface area contributed by atoms with Crippen LogP contribution in [-0.4, -0.2) is 23.6 Å². The van der Waals surface area contributed by atoms with Gasteiger partial charge in [0.2, 0.25) is 0 Å². The summed E-state index contributed by atoms with van der Waals surface area (Å²) in [7, 11) is 0. The number of nitrogens with one attached hydrogen (secondary N) is 1. The van der Waals surface area contributed by atoms with Crippen molar-refractivity contribution in [3.8, 4) is 5.75 Å². The Bertz CT molecular complexity index is 397. The molecule has 5 nitrogen and oxygen atoms in total. The fourth-order valence-electron chi connectivity index (χ4n) is 1.98. The van der Waals surface area contributed by atoms with Crippen LogP contribution in [0.3, 0.4) is 0 Å². The van der Waals surface area contributed by atoms with Gasteiger partial charge in [0.25, 0.3) is 5.69 Å². The van der Waals surface area contributed by atoms with Crippen molar-refractivity contribution in [2.45, 2.75) is 25.4 Å². The second kappa shape index (κ2) is 4.71. The predicted octanol–water partition coefficient (Wildman–Crippen LogP) is 2.12. The molecule has 2 rings (SSSR count). The number of hydrogen-bond donors (Lipinski definition) is 1. The molecule has 17 heavy (non-hydrogen) atoms. The molecule has 0 radical (unpaired) electrons. The maximum Gasteiger partial charge on any atom is 0.269 e. The third kappa shape index (κ3) is 2.94. The molecule has 1 fully saturated rings. The van der Waals surface area contributed by atoms with Crippen LogP contribution >= 0.6 is 0 Å². The highest BCUT2D eigenvalue weighted by molar-refractivity contribution is 5.36. The number of nitro groups is 1. The van der Waals surface area contributed by atoms with E-state index in [1.807, 2.05) is 0 Å². The Balaban J connectivity index is 2.05. The number of piperidine rings is 1. The number of ether oxygens (including phenoxy) is 1. The molecule has 0 atom stereocenters. The van der Waals surface area contributed by atoms with E-state index >= 15 is 0 Å². The zero-order chi connectivity index (χ0) is 12.3. The molecule has 0 aliphatic carbocycles. The predicted molar refractivity (Wildman–Crippen MR) is 64.2 cm³/mol. The molecule has 1 saturated heterocycles. The summed E-state index contributed by atoms with van der Waals surface area (Å²) < 4.78 is 5.91. The molecular weight excluding hydrogens is 220 g/mol. The molecule has 0 amide bonds. The topological polar surface area (TPSA) is 64.4 Å². The Labute approximate surface area is 99.9 Å². The standard InChI is InChI=1S/C12H16N2O3/c1-12(6-8-13-9-7-12)17-11-4-2-10(3-5-11)14(15)16/h2-5,13H,6-9H2,1H3. The van der Waals surface area contributed by atoms with Crippen molar-refractivity contribution in [3.05, 3.63) is 34.4 Å². The van der Waals surface area contributed by atoms with Gasteiger partial charge in [-0.05, 0) is 45.0 Å². The Morgan fingerprint density at radius 2 is 1.88 bits per heavy atom. The lowest BCUT2D eigenvalue weighted by Gasteiger charge is -2.34. The van der Waals surface area contributed by atoms with Gasteiger partial charge < -0.3 is 10.1 Å². The maximum atomic E-state index is 10.5. The molecule has 1 aliphatic heterocycles. The number of nitrogens with zero attached hydrogens (tertiary/aromatic N) is 1. The van der Waals surface area contributed by atoms with Crippen molar-refractivity contribution >= 4 is 5.69 Å². The van der Waals surface area contributed by atoms with Crippen molar-refractivity contribution in [2.75, 3.05) is 13.1 Å². The average molecular weight is 236 g/mol. The van der Waals surface area contributed by atoms with E-state index < -0.39 is 4.92 Å². The molecule has 1 aliphatic rings. The maximum absolute atomic E-state index is 10.5. The molecule has 92 valence electrons. The lowest BCUT2D eigenvalue weighted by atomic mass is 9.94. The minimum atomic E-state index is -0.407.